The lowest BCUT2D eigenvalue weighted by atomic mass is 10.0. The van der Waals surface area contributed by atoms with Crippen molar-refractivity contribution in [2.45, 2.75) is 13.8 Å². The molecule has 1 heterocycles. The van der Waals surface area contributed by atoms with E-state index in [1.54, 1.807) is 6.08 Å². The Labute approximate surface area is 78.3 Å². The van der Waals surface area contributed by atoms with E-state index in [1.165, 1.54) is 0 Å². The molecule has 0 aromatic rings. The van der Waals surface area contributed by atoms with Gasteiger partial charge in [-0.25, -0.2) is 0 Å². The maximum atomic E-state index is 11.3. The van der Waals surface area contributed by atoms with Crippen LogP contribution in [0.4, 0.5) is 0 Å². The van der Waals surface area contributed by atoms with Gasteiger partial charge >= 0.3 is 0 Å². The number of hydrogen-bond acceptors (Lipinski definition) is 1. The van der Waals surface area contributed by atoms with Crippen molar-refractivity contribution < 1.29 is 4.79 Å². The summed E-state index contributed by atoms with van der Waals surface area (Å²) in [6.07, 6.45) is 3.59. The fourth-order valence-corrected chi connectivity index (χ4v) is 1.31. The standard InChI is InChI=1S/C11H13NO/c1-5-7(3)10-8(4)11(13)12-9(10)6-2/h5-6H,1,4H2,2-3H3,(H,12,13)/b9-6+,10-7+. The molecule has 0 unspecified atom stereocenters. The van der Waals surface area contributed by atoms with Crippen LogP contribution in [0.3, 0.4) is 0 Å². The van der Waals surface area contributed by atoms with E-state index >= 15 is 0 Å². The molecule has 0 bridgehead atoms. The van der Waals surface area contributed by atoms with Gasteiger partial charge < -0.3 is 5.32 Å². The zero-order valence-electron chi connectivity index (χ0n) is 7.98. The summed E-state index contributed by atoms with van der Waals surface area (Å²) in [5.41, 5.74) is 3.19. The van der Waals surface area contributed by atoms with E-state index in [1.807, 2.05) is 19.9 Å². The summed E-state index contributed by atoms with van der Waals surface area (Å²) in [5.74, 6) is -0.121. The smallest absolute Gasteiger partial charge is 0.255 e. The minimum absolute atomic E-state index is 0.121. The highest BCUT2D eigenvalue weighted by Crippen LogP contribution is 2.27. The van der Waals surface area contributed by atoms with Crippen LogP contribution in [0, 0.1) is 0 Å². The number of amides is 1. The molecule has 1 saturated heterocycles. The molecule has 68 valence electrons. The first-order chi connectivity index (χ1) is 6.11. The fraction of sp³-hybridized carbons (Fsp3) is 0.182. The predicted octanol–water partition coefficient (Wildman–Crippen LogP) is 2.08. The molecule has 1 fully saturated rings. The Kier molecular flexibility index (Phi) is 2.52. The monoisotopic (exact) mass is 175 g/mol. The van der Waals surface area contributed by atoms with Crippen LogP contribution in [0.2, 0.25) is 0 Å². The number of carbonyl (C=O) groups excluding carboxylic acids is 1. The van der Waals surface area contributed by atoms with Crippen molar-refractivity contribution >= 4 is 5.91 Å². The highest BCUT2D eigenvalue weighted by molar-refractivity contribution is 6.04. The Morgan fingerprint density at radius 1 is 1.54 bits per heavy atom. The molecule has 0 radical (unpaired) electrons. The molecule has 0 aromatic carbocycles. The van der Waals surface area contributed by atoms with Gasteiger partial charge in [-0.15, -0.1) is 0 Å². The molecule has 0 spiro atoms. The molecule has 1 aliphatic rings. The number of nitrogens with one attached hydrogen (secondary N) is 1. The second-order valence-corrected chi connectivity index (χ2v) is 2.90. The maximum Gasteiger partial charge on any atom is 0.255 e. The van der Waals surface area contributed by atoms with Gasteiger partial charge in [-0.1, -0.05) is 25.3 Å². The zero-order valence-corrected chi connectivity index (χ0v) is 7.98. The van der Waals surface area contributed by atoms with Crippen LogP contribution in [0.5, 0.6) is 0 Å². The number of carbonyl (C=O) groups is 1. The summed E-state index contributed by atoms with van der Waals surface area (Å²) in [5, 5.41) is 2.74. The van der Waals surface area contributed by atoms with E-state index in [0.717, 1.165) is 16.8 Å². The lowest BCUT2D eigenvalue weighted by Gasteiger charge is -2.01. The van der Waals surface area contributed by atoms with Gasteiger partial charge in [-0.05, 0) is 19.4 Å². The van der Waals surface area contributed by atoms with Crippen LogP contribution in [-0.4, -0.2) is 5.91 Å². The SMILES string of the molecule is C=C/C(C)=C1\C(=C)C(=O)N\C1=C\C. The number of hydrogen-bond donors (Lipinski definition) is 1. The van der Waals surface area contributed by atoms with Gasteiger partial charge in [0.2, 0.25) is 0 Å². The van der Waals surface area contributed by atoms with Crippen LogP contribution in [-0.2, 0) is 4.79 Å². The molecule has 1 amide bonds. The Morgan fingerprint density at radius 3 is 2.62 bits per heavy atom. The van der Waals surface area contributed by atoms with Gasteiger partial charge in [0.25, 0.3) is 5.91 Å². The average Bonchev–Trinajstić information content (AvgIpc) is 2.42. The third kappa shape index (κ3) is 1.47. The summed E-state index contributed by atoms with van der Waals surface area (Å²) >= 11 is 0. The molecule has 1 rings (SSSR count). The van der Waals surface area contributed by atoms with E-state index in [0.29, 0.717) is 5.57 Å². The van der Waals surface area contributed by atoms with Crippen molar-refractivity contribution in [3.8, 4) is 0 Å². The molecular formula is C11H13NO. The van der Waals surface area contributed by atoms with Crippen LogP contribution in [0.1, 0.15) is 13.8 Å². The Hall–Kier alpha value is -1.57. The number of rotatable bonds is 1. The Bertz CT molecular complexity index is 345. The summed E-state index contributed by atoms with van der Waals surface area (Å²) in [4.78, 5) is 11.3. The predicted molar refractivity (Wildman–Crippen MR) is 53.9 cm³/mol. The van der Waals surface area contributed by atoms with Crippen LogP contribution in [0.25, 0.3) is 0 Å². The third-order valence-corrected chi connectivity index (χ3v) is 2.08. The topological polar surface area (TPSA) is 29.1 Å². The van der Waals surface area contributed by atoms with Gasteiger partial charge in [0, 0.05) is 16.8 Å². The highest BCUT2D eigenvalue weighted by atomic mass is 16.2. The summed E-state index contributed by atoms with van der Waals surface area (Å²) in [6.45, 7) is 11.2. The lowest BCUT2D eigenvalue weighted by Crippen LogP contribution is -2.12. The van der Waals surface area contributed by atoms with Gasteiger partial charge in [-0.2, -0.15) is 0 Å². The molecule has 0 aromatic heterocycles. The van der Waals surface area contributed by atoms with Crippen molar-refractivity contribution in [1.29, 1.82) is 0 Å². The molecule has 1 aliphatic heterocycles. The van der Waals surface area contributed by atoms with E-state index in [2.05, 4.69) is 18.5 Å². The van der Waals surface area contributed by atoms with Crippen molar-refractivity contribution in [2.24, 2.45) is 0 Å². The van der Waals surface area contributed by atoms with Gasteiger partial charge in [-0.3, -0.25) is 4.79 Å². The lowest BCUT2D eigenvalue weighted by molar-refractivity contribution is -0.115. The van der Waals surface area contributed by atoms with Crippen molar-refractivity contribution in [3.05, 3.63) is 47.7 Å². The first-order valence-electron chi connectivity index (χ1n) is 4.12. The molecule has 0 saturated carbocycles. The minimum Gasteiger partial charge on any atom is -0.322 e. The maximum absolute atomic E-state index is 11.3. The molecule has 2 nitrogen and oxygen atoms in total. The van der Waals surface area contributed by atoms with Gasteiger partial charge in [0.05, 0.1) is 0 Å². The molecule has 1 N–H and O–H groups in total. The normalized spacial score (nSPS) is 23.4. The first-order valence-corrected chi connectivity index (χ1v) is 4.12. The highest BCUT2D eigenvalue weighted by Gasteiger charge is 2.25. The summed E-state index contributed by atoms with van der Waals surface area (Å²) < 4.78 is 0. The molecule has 13 heavy (non-hydrogen) atoms. The Balaban J connectivity index is 3.30. The Morgan fingerprint density at radius 2 is 2.15 bits per heavy atom. The van der Waals surface area contributed by atoms with E-state index in [-0.39, 0.29) is 5.91 Å². The van der Waals surface area contributed by atoms with Crippen molar-refractivity contribution in [3.63, 3.8) is 0 Å². The van der Waals surface area contributed by atoms with Crippen LogP contribution in [0.15, 0.2) is 47.7 Å². The fourth-order valence-electron chi connectivity index (χ4n) is 1.31. The van der Waals surface area contributed by atoms with Crippen molar-refractivity contribution in [1.82, 2.24) is 5.32 Å². The van der Waals surface area contributed by atoms with Gasteiger partial charge in [0.15, 0.2) is 0 Å². The molecule has 2 heteroatoms. The van der Waals surface area contributed by atoms with Crippen LogP contribution >= 0.6 is 0 Å². The molecule has 0 atom stereocenters. The summed E-state index contributed by atoms with van der Waals surface area (Å²) in [6, 6.07) is 0. The van der Waals surface area contributed by atoms with Crippen molar-refractivity contribution in [2.75, 3.05) is 0 Å². The minimum atomic E-state index is -0.121. The second kappa shape index (κ2) is 3.44. The molecular weight excluding hydrogens is 162 g/mol. The van der Waals surface area contributed by atoms with Gasteiger partial charge in [0.1, 0.15) is 0 Å². The molecule has 0 aliphatic carbocycles. The largest absolute Gasteiger partial charge is 0.322 e. The first kappa shape index (κ1) is 9.52. The zero-order chi connectivity index (χ0) is 10.0. The second-order valence-electron chi connectivity index (χ2n) is 2.90. The van der Waals surface area contributed by atoms with E-state index in [4.69, 9.17) is 0 Å². The van der Waals surface area contributed by atoms with Crippen LogP contribution < -0.4 is 5.32 Å². The quantitative estimate of drug-likeness (QED) is 0.607. The van der Waals surface area contributed by atoms with E-state index < -0.39 is 0 Å². The average molecular weight is 175 g/mol. The third-order valence-electron chi connectivity index (χ3n) is 2.08. The van der Waals surface area contributed by atoms with E-state index in [9.17, 15) is 4.79 Å². The number of allylic oxidation sites excluding steroid dienone is 4. The summed E-state index contributed by atoms with van der Waals surface area (Å²) in [7, 11) is 0.